The van der Waals surface area contributed by atoms with Gasteiger partial charge in [0.15, 0.2) is 0 Å². The molecule has 104 valence electrons. The Hall–Kier alpha value is -1.65. The molecule has 0 radical (unpaired) electrons. The zero-order valence-corrected chi connectivity index (χ0v) is 12.1. The number of halogens is 3. The van der Waals surface area contributed by atoms with E-state index in [2.05, 4.69) is 4.98 Å². The number of pyridine rings is 1. The highest BCUT2D eigenvalue weighted by Crippen LogP contribution is 2.19. The minimum absolute atomic E-state index is 0.0537. The van der Waals surface area contributed by atoms with E-state index in [0.717, 1.165) is 0 Å². The summed E-state index contributed by atoms with van der Waals surface area (Å²) >= 11 is 11.7. The molecule has 0 aliphatic heterocycles. The van der Waals surface area contributed by atoms with Crippen molar-refractivity contribution in [2.75, 3.05) is 7.05 Å². The van der Waals surface area contributed by atoms with Gasteiger partial charge in [-0.05, 0) is 18.2 Å². The molecule has 0 aliphatic rings. The summed E-state index contributed by atoms with van der Waals surface area (Å²) in [7, 11) is 1.55. The van der Waals surface area contributed by atoms with Crippen LogP contribution >= 0.6 is 23.2 Å². The molecule has 1 amide bonds. The monoisotopic (exact) mass is 312 g/mol. The minimum atomic E-state index is -0.416. The summed E-state index contributed by atoms with van der Waals surface area (Å²) in [4.78, 5) is 17.5. The zero-order valence-electron chi connectivity index (χ0n) is 10.6. The van der Waals surface area contributed by atoms with Crippen LogP contribution in [-0.2, 0) is 6.54 Å². The van der Waals surface area contributed by atoms with Crippen LogP contribution in [0.2, 0.25) is 10.2 Å². The van der Waals surface area contributed by atoms with Crippen molar-refractivity contribution in [3.8, 4) is 0 Å². The van der Waals surface area contributed by atoms with Crippen LogP contribution < -0.4 is 0 Å². The van der Waals surface area contributed by atoms with Gasteiger partial charge >= 0.3 is 0 Å². The average molecular weight is 313 g/mol. The molecule has 0 unspecified atom stereocenters. The molecule has 1 aromatic heterocycles. The molecule has 1 aromatic carbocycles. The maximum atomic E-state index is 13.6. The van der Waals surface area contributed by atoms with E-state index in [1.807, 2.05) is 0 Å². The number of aromatic nitrogens is 1. The molecule has 0 atom stereocenters. The van der Waals surface area contributed by atoms with Crippen LogP contribution in [0.5, 0.6) is 0 Å². The number of carbonyl (C=O) groups is 1. The van der Waals surface area contributed by atoms with Crippen LogP contribution in [-0.4, -0.2) is 22.8 Å². The predicted octanol–water partition coefficient (Wildman–Crippen LogP) is 3.80. The van der Waals surface area contributed by atoms with Crippen LogP contribution in [0.3, 0.4) is 0 Å². The molecular formula is C14H11Cl2FN2O. The second-order valence-electron chi connectivity index (χ2n) is 4.22. The molecule has 6 heteroatoms. The number of rotatable bonds is 3. The van der Waals surface area contributed by atoms with Crippen LogP contribution in [0.4, 0.5) is 4.39 Å². The lowest BCUT2D eigenvalue weighted by atomic mass is 10.2. The topological polar surface area (TPSA) is 33.2 Å². The highest BCUT2D eigenvalue weighted by molar-refractivity contribution is 6.34. The van der Waals surface area contributed by atoms with Crippen molar-refractivity contribution in [3.05, 3.63) is 63.6 Å². The van der Waals surface area contributed by atoms with E-state index in [0.29, 0.717) is 5.56 Å². The van der Waals surface area contributed by atoms with Gasteiger partial charge in [0, 0.05) is 19.2 Å². The molecule has 0 saturated heterocycles. The first-order valence-electron chi connectivity index (χ1n) is 5.80. The van der Waals surface area contributed by atoms with Gasteiger partial charge in [-0.15, -0.1) is 0 Å². The van der Waals surface area contributed by atoms with E-state index in [1.165, 1.54) is 23.1 Å². The maximum absolute atomic E-state index is 13.6. The fraction of sp³-hybridized carbons (Fsp3) is 0.143. The fourth-order valence-electron chi connectivity index (χ4n) is 1.70. The van der Waals surface area contributed by atoms with Gasteiger partial charge in [-0.25, -0.2) is 9.37 Å². The second kappa shape index (κ2) is 6.20. The van der Waals surface area contributed by atoms with Crippen molar-refractivity contribution in [2.24, 2.45) is 0 Å². The van der Waals surface area contributed by atoms with Crippen molar-refractivity contribution in [1.82, 2.24) is 9.88 Å². The van der Waals surface area contributed by atoms with E-state index in [1.54, 1.807) is 25.2 Å². The Balaban J connectivity index is 2.21. The summed E-state index contributed by atoms with van der Waals surface area (Å²) < 4.78 is 13.6. The van der Waals surface area contributed by atoms with Crippen LogP contribution in [0.1, 0.15) is 16.1 Å². The number of hydrogen-bond acceptors (Lipinski definition) is 2. The van der Waals surface area contributed by atoms with Crippen LogP contribution in [0.15, 0.2) is 36.4 Å². The van der Waals surface area contributed by atoms with Crippen molar-refractivity contribution < 1.29 is 9.18 Å². The lowest BCUT2D eigenvalue weighted by Gasteiger charge is -2.17. The SMILES string of the molecule is CN(Cc1ccccc1F)C(=O)c1nc(Cl)ccc1Cl. The highest BCUT2D eigenvalue weighted by Gasteiger charge is 2.18. The van der Waals surface area contributed by atoms with Crippen molar-refractivity contribution >= 4 is 29.1 Å². The second-order valence-corrected chi connectivity index (χ2v) is 5.01. The maximum Gasteiger partial charge on any atom is 0.274 e. The number of amides is 1. The van der Waals surface area contributed by atoms with Crippen molar-refractivity contribution in [3.63, 3.8) is 0 Å². The first kappa shape index (κ1) is 14.8. The number of hydrogen-bond donors (Lipinski definition) is 0. The molecule has 0 bridgehead atoms. The highest BCUT2D eigenvalue weighted by atomic mass is 35.5. The largest absolute Gasteiger partial charge is 0.336 e. The zero-order chi connectivity index (χ0) is 14.7. The number of benzene rings is 1. The Morgan fingerprint density at radius 2 is 1.95 bits per heavy atom. The first-order valence-corrected chi connectivity index (χ1v) is 6.55. The summed E-state index contributed by atoms with van der Waals surface area (Å²) in [5.74, 6) is -0.780. The smallest absolute Gasteiger partial charge is 0.274 e. The molecule has 1 heterocycles. The average Bonchev–Trinajstić information content (AvgIpc) is 2.43. The Labute approximate surface area is 125 Å². The normalized spacial score (nSPS) is 10.4. The quantitative estimate of drug-likeness (QED) is 0.808. The van der Waals surface area contributed by atoms with Crippen molar-refractivity contribution in [1.29, 1.82) is 0 Å². The summed E-state index contributed by atoms with van der Waals surface area (Å²) in [6, 6.07) is 9.26. The van der Waals surface area contributed by atoms with Gasteiger partial charge in [0.1, 0.15) is 16.7 Å². The van der Waals surface area contributed by atoms with E-state index >= 15 is 0 Å². The summed E-state index contributed by atoms with van der Waals surface area (Å²) in [5.41, 5.74) is 0.472. The number of carbonyl (C=O) groups excluding carboxylic acids is 1. The van der Waals surface area contributed by atoms with E-state index in [9.17, 15) is 9.18 Å². The van der Waals surface area contributed by atoms with Crippen LogP contribution in [0, 0.1) is 5.82 Å². The van der Waals surface area contributed by atoms with Gasteiger partial charge in [0.05, 0.1) is 5.02 Å². The van der Waals surface area contributed by atoms with Crippen LogP contribution in [0.25, 0.3) is 0 Å². The first-order chi connectivity index (χ1) is 9.49. The third-order valence-electron chi connectivity index (χ3n) is 2.73. The van der Waals surface area contributed by atoms with E-state index in [4.69, 9.17) is 23.2 Å². The minimum Gasteiger partial charge on any atom is -0.336 e. The summed E-state index contributed by atoms with van der Waals surface area (Å²) in [6.45, 7) is 0.121. The molecule has 2 rings (SSSR count). The molecule has 0 aliphatic carbocycles. The van der Waals surface area contributed by atoms with E-state index < -0.39 is 5.91 Å². The molecule has 3 nitrogen and oxygen atoms in total. The lowest BCUT2D eigenvalue weighted by Crippen LogP contribution is -2.27. The molecular weight excluding hydrogens is 302 g/mol. The lowest BCUT2D eigenvalue weighted by molar-refractivity contribution is 0.0778. The molecule has 0 N–H and O–H groups in total. The van der Waals surface area contributed by atoms with Gasteiger partial charge < -0.3 is 4.90 Å². The van der Waals surface area contributed by atoms with Gasteiger partial charge in [-0.3, -0.25) is 4.79 Å². The third kappa shape index (κ3) is 3.26. The standard InChI is InChI=1S/C14H11Cl2FN2O/c1-19(8-9-4-2-3-5-11(9)17)14(20)13-10(15)6-7-12(16)18-13/h2-7H,8H2,1H3. The molecule has 0 fully saturated rings. The Morgan fingerprint density at radius 1 is 1.25 bits per heavy atom. The van der Waals surface area contributed by atoms with Crippen molar-refractivity contribution in [2.45, 2.75) is 6.54 Å². The number of nitrogens with zero attached hydrogens (tertiary/aromatic N) is 2. The fourth-order valence-corrected chi connectivity index (χ4v) is 2.04. The molecule has 0 saturated carbocycles. The molecule has 20 heavy (non-hydrogen) atoms. The van der Waals surface area contributed by atoms with Gasteiger partial charge in [0.25, 0.3) is 5.91 Å². The van der Waals surface area contributed by atoms with E-state index in [-0.39, 0.29) is 28.2 Å². The Morgan fingerprint density at radius 3 is 2.65 bits per heavy atom. The Kier molecular flexibility index (Phi) is 4.57. The van der Waals surface area contributed by atoms with Gasteiger partial charge in [0.2, 0.25) is 0 Å². The summed E-state index contributed by atoms with van der Waals surface area (Å²) in [6.07, 6.45) is 0. The summed E-state index contributed by atoms with van der Waals surface area (Å²) in [5, 5.41) is 0.386. The third-order valence-corrected chi connectivity index (χ3v) is 3.24. The molecule has 0 spiro atoms. The Bertz CT molecular complexity index is 649. The van der Waals surface area contributed by atoms with Gasteiger partial charge in [-0.1, -0.05) is 41.4 Å². The molecule has 2 aromatic rings. The van der Waals surface area contributed by atoms with Gasteiger partial charge in [-0.2, -0.15) is 0 Å². The predicted molar refractivity (Wildman–Crippen MR) is 76.5 cm³/mol.